The summed E-state index contributed by atoms with van der Waals surface area (Å²) in [5.41, 5.74) is 2.22. The van der Waals surface area contributed by atoms with Crippen LogP contribution >= 0.6 is 0 Å². The van der Waals surface area contributed by atoms with Crippen LogP contribution in [0.15, 0.2) is 84.9 Å². The Balaban J connectivity index is 1.95. The third kappa shape index (κ3) is 9.88. The van der Waals surface area contributed by atoms with Crippen LogP contribution in [-0.4, -0.2) is 54.8 Å². The Kier molecular flexibility index (Phi) is 11.8. The van der Waals surface area contributed by atoms with E-state index in [1.165, 1.54) is 17.0 Å². The van der Waals surface area contributed by atoms with Gasteiger partial charge in [0.2, 0.25) is 21.8 Å². The van der Waals surface area contributed by atoms with E-state index in [-0.39, 0.29) is 25.4 Å². The first-order chi connectivity index (χ1) is 19.2. The molecule has 2 amide bonds. The third-order valence-corrected chi connectivity index (χ3v) is 7.80. The number of halogens is 1. The van der Waals surface area contributed by atoms with Crippen molar-refractivity contribution in [1.29, 1.82) is 0 Å². The normalized spacial score (nSPS) is 12.2. The molecule has 0 fully saturated rings. The average Bonchev–Trinajstić information content (AvgIpc) is 2.94. The summed E-state index contributed by atoms with van der Waals surface area (Å²) in [5, 5.41) is 2.97. The Bertz CT molecular complexity index is 1320. The van der Waals surface area contributed by atoms with Crippen LogP contribution < -0.4 is 5.32 Å². The first-order valence-electron chi connectivity index (χ1n) is 13.5. The van der Waals surface area contributed by atoms with Crippen LogP contribution in [0.3, 0.4) is 0 Å². The molecule has 9 heteroatoms. The molecule has 0 unspecified atom stereocenters. The molecule has 0 saturated heterocycles. The smallest absolute Gasteiger partial charge is 0.243 e. The van der Waals surface area contributed by atoms with Crippen LogP contribution in [0.4, 0.5) is 4.39 Å². The Hall–Kier alpha value is -3.56. The highest BCUT2D eigenvalue weighted by molar-refractivity contribution is 7.88. The molecule has 0 aliphatic carbocycles. The van der Waals surface area contributed by atoms with E-state index in [1.807, 2.05) is 36.4 Å². The standard InChI is InChI=1S/C31H38FN3O4S/c1-3-4-11-20-33-31(37)29(21-25-12-7-5-8-13-25)35(23-27-16-18-28(32)19-17-27)30(36)24-34(40(2,38)39)22-26-14-9-6-10-15-26/h5-10,12-19,29H,3-4,11,20-24H2,1-2H3,(H,33,37)/t29-/m0/s1. The fourth-order valence-electron chi connectivity index (χ4n) is 4.36. The van der Waals surface area contributed by atoms with Gasteiger partial charge in [-0.1, -0.05) is 92.6 Å². The predicted octanol–water partition coefficient (Wildman–Crippen LogP) is 4.53. The van der Waals surface area contributed by atoms with Crippen molar-refractivity contribution in [3.63, 3.8) is 0 Å². The van der Waals surface area contributed by atoms with Gasteiger partial charge in [0.15, 0.2) is 0 Å². The number of carbonyl (C=O) groups is 2. The largest absolute Gasteiger partial charge is 0.354 e. The molecule has 1 N–H and O–H groups in total. The highest BCUT2D eigenvalue weighted by atomic mass is 32.2. The zero-order valence-corrected chi connectivity index (χ0v) is 23.9. The highest BCUT2D eigenvalue weighted by Gasteiger charge is 2.32. The lowest BCUT2D eigenvalue weighted by Gasteiger charge is -2.33. The van der Waals surface area contributed by atoms with Gasteiger partial charge < -0.3 is 10.2 Å². The number of carbonyl (C=O) groups excluding carboxylic acids is 2. The minimum atomic E-state index is -3.76. The number of sulfonamides is 1. The summed E-state index contributed by atoms with van der Waals surface area (Å²) >= 11 is 0. The summed E-state index contributed by atoms with van der Waals surface area (Å²) in [4.78, 5) is 28.9. The molecule has 1 atom stereocenters. The van der Waals surface area contributed by atoms with E-state index in [9.17, 15) is 22.4 Å². The fourth-order valence-corrected chi connectivity index (χ4v) is 5.09. The molecule has 0 saturated carbocycles. The van der Waals surface area contributed by atoms with Crippen LogP contribution in [0.2, 0.25) is 0 Å². The SMILES string of the molecule is CCCCCNC(=O)[C@H](Cc1ccccc1)N(Cc1ccc(F)cc1)C(=O)CN(Cc1ccccc1)S(C)(=O)=O. The number of unbranched alkanes of at least 4 members (excludes halogenated alkanes) is 2. The number of benzene rings is 3. The van der Waals surface area contributed by atoms with Gasteiger partial charge in [0.25, 0.3) is 0 Å². The topological polar surface area (TPSA) is 86.8 Å². The maximum atomic E-state index is 13.9. The molecule has 3 rings (SSSR count). The van der Waals surface area contributed by atoms with Crippen molar-refractivity contribution in [2.75, 3.05) is 19.3 Å². The highest BCUT2D eigenvalue weighted by Crippen LogP contribution is 2.17. The molecule has 40 heavy (non-hydrogen) atoms. The summed E-state index contributed by atoms with van der Waals surface area (Å²) < 4.78 is 40.2. The van der Waals surface area contributed by atoms with Gasteiger partial charge in [-0.05, 0) is 35.2 Å². The molecule has 7 nitrogen and oxygen atoms in total. The number of rotatable bonds is 15. The number of nitrogens with zero attached hydrogens (tertiary/aromatic N) is 2. The van der Waals surface area contributed by atoms with Gasteiger partial charge in [-0.15, -0.1) is 0 Å². The van der Waals surface area contributed by atoms with E-state index >= 15 is 0 Å². The quantitative estimate of drug-likeness (QED) is 0.274. The minimum Gasteiger partial charge on any atom is -0.354 e. The van der Waals surface area contributed by atoms with Gasteiger partial charge in [0.1, 0.15) is 11.9 Å². The van der Waals surface area contributed by atoms with Crippen molar-refractivity contribution < 1.29 is 22.4 Å². The van der Waals surface area contributed by atoms with Crippen molar-refractivity contribution in [1.82, 2.24) is 14.5 Å². The van der Waals surface area contributed by atoms with Crippen molar-refractivity contribution in [3.05, 3.63) is 107 Å². The molecule has 0 aliphatic rings. The molecule has 0 aromatic heterocycles. The van der Waals surface area contributed by atoms with E-state index in [0.29, 0.717) is 12.1 Å². The lowest BCUT2D eigenvalue weighted by Crippen LogP contribution is -2.53. The molecule has 0 radical (unpaired) electrons. The summed E-state index contributed by atoms with van der Waals surface area (Å²) in [7, 11) is -3.76. The van der Waals surface area contributed by atoms with Gasteiger partial charge in [0, 0.05) is 26.1 Å². The minimum absolute atomic E-state index is 0.0158. The molecule has 0 heterocycles. The van der Waals surface area contributed by atoms with Crippen LogP contribution in [-0.2, 0) is 39.1 Å². The molecule has 3 aromatic rings. The van der Waals surface area contributed by atoms with Gasteiger partial charge in [-0.3, -0.25) is 9.59 Å². The number of amides is 2. The first kappa shape index (κ1) is 31.0. The predicted molar refractivity (Wildman–Crippen MR) is 155 cm³/mol. The monoisotopic (exact) mass is 567 g/mol. The molecule has 3 aromatic carbocycles. The molecule has 0 spiro atoms. The van der Waals surface area contributed by atoms with Gasteiger partial charge >= 0.3 is 0 Å². The first-order valence-corrected chi connectivity index (χ1v) is 15.4. The molecule has 0 bridgehead atoms. The number of hydrogen-bond acceptors (Lipinski definition) is 4. The van der Waals surface area contributed by atoms with Crippen molar-refractivity contribution in [2.45, 2.75) is 51.7 Å². The lowest BCUT2D eigenvalue weighted by molar-refractivity contribution is -0.141. The Labute approximate surface area is 237 Å². The summed E-state index contributed by atoms with van der Waals surface area (Å²) in [6, 6.07) is 23.2. The molecule has 214 valence electrons. The van der Waals surface area contributed by atoms with Crippen LogP contribution in [0.5, 0.6) is 0 Å². The van der Waals surface area contributed by atoms with Gasteiger partial charge in [-0.25, -0.2) is 12.8 Å². The second-order valence-electron chi connectivity index (χ2n) is 9.87. The molecular weight excluding hydrogens is 529 g/mol. The van der Waals surface area contributed by atoms with E-state index in [4.69, 9.17) is 0 Å². The third-order valence-electron chi connectivity index (χ3n) is 6.60. The Morgan fingerprint density at radius 2 is 1.40 bits per heavy atom. The van der Waals surface area contributed by atoms with Crippen LogP contribution in [0, 0.1) is 5.82 Å². The number of nitrogens with one attached hydrogen (secondary N) is 1. The maximum Gasteiger partial charge on any atom is 0.243 e. The van der Waals surface area contributed by atoms with Crippen molar-refractivity contribution in [3.8, 4) is 0 Å². The van der Waals surface area contributed by atoms with Crippen molar-refractivity contribution >= 4 is 21.8 Å². The second-order valence-corrected chi connectivity index (χ2v) is 11.9. The van der Waals surface area contributed by atoms with E-state index in [0.717, 1.165) is 41.0 Å². The van der Waals surface area contributed by atoms with Gasteiger partial charge in [0.05, 0.1) is 12.8 Å². The second kappa shape index (κ2) is 15.3. The van der Waals surface area contributed by atoms with Crippen LogP contribution in [0.1, 0.15) is 42.9 Å². The maximum absolute atomic E-state index is 13.9. The Morgan fingerprint density at radius 3 is 1.98 bits per heavy atom. The van der Waals surface area contributed by atoms with E-state index in [2.05, 4.69) is 12.2 Å². The van der Waals surface area contributed by atoms with E-state index in [1.54, 1.807) is 36.4 Å². The van der Waals surface area contributed by atoms with Gasteiger partial charge in [-0.2, -0.15) is 4.31 Å². The lowest BCUT2D eigenvalue weighted by atomic mass is 10.0. The molecular formula is C31H38FN3O4S. The van der Waals surface area contributed by atoms with Crippen molar-refractivity contribution in [2.24, 2.45) is 0 Å². The summed E-state index contributed by atoms with van der Waals surface area (Å²) in [6.07, 6.45) is 4.08. The van der Waals surface area contributed by atoms with E-state index < -0.39 is 34.3 Å². The average molecular weight is 568 g/mol. The fraction of sp³-hybridized carbons (Fsp3) is 0.355. The summed E-state index contributed by atoms with van der Waals surface area (Å²) in [6.45, 7) is 2.14. The Morgan fingerprint density at radius 1 is 0.825 bits per heavy atom. The van der Waals surface area contributed by atoms with Crippen LogP contribution in [0.25, 0.3) is 0 Å². The number of hydrogen-bond donors (Lipinski definition) is 1. The molecule has 0 aliphatic heterocycles. The summed E-state index contributed by atoms with van der Waals surface area (Å²) in [5.74, 6) is -1.25. The zero-order chi connectivity index (χ0) is 29.0. The zero-order valence-electron chi connectivity index (χ0n) is 23.1.